The van der Waals surface area contributed by atoms with Crippen LogP contribution in [-0.2, 0) is 11.2 Å². The van der Waals surface area contributed by atoms with Gasteiger partial charge in [0.15, 0.2) is 5.78 Å². The van der Waals surface area contributed by atoms with Crippen molar-refractivity contribution in [3.05, 3.63) is 63.1 Å². The molecule has 1 heterocycles. The number of carbonyl (C=O) groups excluding carboxylic acids is 2. The maximum Gasteiger partial charge on any atom is 0.227 e. The Hall–Kier alpha value is -1.65. The fourth-order valence-corrected chi connectivity index (χ4v) is 3.11. The smallest absolute Gasteiger partial charge is 0.227 e. The Morgan fingerprint density at radius 2 is 1.86 bits per heavy atom. The maximum atomic E-state index is 12.4. The van der Waals surface area contributed by atoms with Crippen molar-refractivity contribution in [2.24, 2.45) is 0 Å². The number of aryl methyl sites for hydroxylation is 1. The molecule has 0 fully saturated rings. The van der Waals surface area contributed by atoms with E-state index in [-0.39, 0.29) is 18.2 Å². The van der Waals surface area contributed by atoms with Crippen molar-refractivity contribution in [3.63, 3.8) is 0 Å². The highest BCUT2D eigenvalue weighted by Gasteiger charge is 2.26. The summed E-state index contributed by atoms with van der Waals surface area (Å²) in [5.74, 6) is -0.113. The molecule has 2 aromatic carbocycles. The first kappa shape index (κ1) is 15.3. The van der Waals surface area contributed by atoms with E-state index >= 15 is 0 Å². The SMILES string of the molecule is O=C(CN1C(=O)CCc2cc(Br)ccc21)c1ccc(Cl)cc1. The Labute approximate surface area is 142 Å². The molecule has 5 heteroatoms. The number of ketones is 1. The minimum absolute atomic E-state index is 0.0165. The van der Waals surface area contributed by atoms with E-state index in [0.717, 1.165) is 15.7 Å². The number of amides is 1. The molecular formula is C17H13BrClNO2. The Morgan fingerprint density at radius 3 is 2.59 bits per heavy atom. The number of anilines is 1. The molecule has 1 amide bonds. The van der Waals surface area contributed by atoms with Gasteiger partial charge in [0.25, 0.3) is 0 Å². The van der Waals surface area contributed by atoms with Gasteiger partial charge in [-0.05, 0) is 54.4 Å². The summed E-state index contributed by atoms with van der Waals surface area (Å²) >= 11 is 9.27. The largest absolute Gasteiger partial charge is 0.304 e. The van der Waals surface area contributed by atoms with Gasteiger partial charge in [0, 0.05) is 27.2 Å². The van der Waals surface area contributed by atoms with Gasteiger partial charge < -0.3 is 4.90 Å². The Bertz CT molecular complexity index is 743. The zero-order valence-corrected chi connectivity index (χ0v) is 14.0. The monoisotopic (exact) mass is 377 g/mol. The summed E-state index contributed by atoms with van der Waals surface area (Å²) < 4.78 is 0.976. The molecule has 0 aliphatic carbocycles. The van der Waals surface area contributed by atoms with Crippen LogP contribution in [-0.4, -0.2) is 18.2 Å². The van der Waals surface area contributed by atoms with Crippen molar-refractivity contribution < 1.29 is 9.59 Å². The van der Waals surface area contributed by atoms with Crippen LogP contribution in [0, 0.1) is 0 Å². The summed E-state index contributed by atoms with van der Waals surface area (Å²) in [5.41, 5.74) is 2.46. The van der Waals surface area contributed by atoms with Crippen LogP contribution >= 0.6 is 27.5 Å². The predicted octanol–water partition coefficient (Wildman–Crippen LogP) is 4.26. The van der Waals surface area contributed by atoms with Crippen LogP contribution in [0.3, 0.4) is 0 Å². The average Bonchev–Trinajstić information content (AvgIpc) is 2.50. The van der Waals surface area contributed by atoms with Gasteiger partial charge in [-0.2, -0.15) is 0 Å². The number of hydrogen-bond acceptors (Lipinski definition) is 2. The molecule has 1 aliphatic rings. The van der Waals surface area contributed by atoms with Gasteiger partial charge >= 0.3 is 0 Å². The number of halogens is 2. The summed E-state index contributed by atoms with van der Waals surface area (Å²) in [6, 6.07) is 12.5. The molecule has 0 spiro atoms. The van der Waals surface area contributed by atoms with E-state index in [1.807, 2.05) is 18.2 Å². The molecule has 2 aromatic rings. The van der Waals surface area contributed by atoms with Gasteiger partial charge in [0.05, 0.1) is 6.54 Å². The van der Waals surface area contributed by atoms with E-state index in [2.05, 4.69) is 15.9 Å². The molecule has 0 saturated heterocycles. The highest BCUT2D eigenvalue weighted by molar-refractivity contribution is 9.10. The van der Waals surface area contributed by atoms with Crippen LogP contribution in [0.1, 0.15) is 22.3 Å². The van der Waals surface area contributed by atoms with E-state index in [1.54, 1.807) is 29.2 Å². The molecule has 0 bridgehead atoms. The summed E-state index contributed by atoms with van der Waals surface area (Å²) in [6.45, 7) is 0.0507. The highest BCUT2D eigenvalue weighted by Crippen LogP contribution is 2.30. The standard InChI is InChI=1S/C17H13BrClNO2/c18-13-4-7-15-12(9-13)3-8-17(22)20(15)10-16(21)11-1-5-14(19)6-2-11/h1-2,4-7,9H,3,8,10H2. The van der Waals surface area contributed by atoms with Crippen molar-refractivity contribution in [2.75, 3.05) is 11.4 Å². The van der Waals surface area contributed by atoms with Crippen LogP contribution in [0.4, 0.5) is 5.69 Å². The van der Waals surface area contributed by atoms with E-state index in [4.69, 9.17) is 11.6 Å². The Morgan fingerprint density at radius 1 is 1.14 bits per heavy atom. The molecule has 1 aliphatic heterocycles. The first-order valence-corrected chi connectivity index (χ1v) is 8.09. The number of hydrogen-bond donors (Lipinski definition) is 0. The lowest BCUT2D eigenvalue weighted by Gasteiger charge is -2.29. The third-order valence-corrected chi connectivity index (χ3v) is 4.45. The molecule has 112 valence electrons. The van der Waals surface area contributed by atoms with E-state index in [0.29, 0.717) is 23.4 Å². The molecule has 0 aromatic heterocycles. The van der Waals surface area contributed by atoms with E-state index in [9.17, 15) is 9.59 Å². The first-order chi connectivity index (χ1) is 10.5. The van der Waals surface area contributed by atoms with Crippen LogP contribution in [0.2, 0.25) is 5.02 Å². The third-order valence-electron chi connectivity index (χ3n) is 3.71. The van der Waals surface area contributed by atoms with Crippen LogP contribution < -0.4 is 4.90 Å². The number of carbonyl (C=O) groups is 2. The molecule has 0 saturated carbocycles. The van der Waals surface area contributed by atoms with Crippen molar-refractivity contribution >= 4 is 44.9 Å². The van der Waals surface area contributed by atoms with E-state index < -0.39 is 0 Å². The fourth-order valence-electron chi connectivity index (χ4n) is 2.57. The predicted molar refractivity (Wildman–Crippen MR) is 90.6 cm³/mol. The Kier molecular flexibility index (Phi) is 4.32. The zero-order valence-electron chi connectivity index (χ0n) is 11.7. The number of nitrogens with zero attached hydrogens (tertiary/aromatic N) is 1. The minimum atomic E-state index is -0.0965. The first-order valence-electron chi connectivity index (χ1n) is 6.92. The zero-order chi connectivity index (χ0) is 15.7. The summed E-state index contributed by atoms with van der Waals surface area (Å²) in [6.07, 6.45) is 1.14. The number of rotatable bonds is 3. The van der Waals surface area contributed by atoms with E-state index in [1.165, 1.54) is 0 Å². The second-order valence-electron chi connectivity index (χ2n) is 5.18. The van der Waals surface area contributed by atoms with Gasteiger partial charge in [-0.25, -0.2) is 0 Å². The molecular weight excluding hydrogens is 366 g/mol. The molecule has 0 atom stereocenters. The number of benzene rings is 2. The lowest BCUT2D eigenvalue weighted by molar-refractivity contribution is -0.118. The van der Waals surface area contributed by atoms with Crippen molar-refractivity contribution in [3.8, 4) is 0 Å². The van der Waals surface area contributed by atoms with Crippen molar-refractivity contribution in [1.82, 2.24) is 0 Å². The lowest BCUT2D eigenvalue weighted by Crippen LogP contribution is -2.39. The van der Waals surface area contributed by atoms with Gasteiger partial charge in [-0.1, -0.05) is 27.5 Å². The van der Waals surface area contributed by atoms with Gasteiger partial charge in [-0.15, -0.1) is 0 Å². The molecule has 0 unspecified atom stereocenters. The summed E-state index contributed by atoms with van der Waals surface area (Å²) in [4.78, 5) is 26.2. The molecule has 3 nitrogen and oxygen atoms in total. The molecule has 22 heavy (non-hydrogen) atoms. The van der Waals surface area contributed by atoms with Gasteiger partial charge in [0.2, 0.25) is 5.91 Å². The maximum absolute atomic E-state index is 12.4. The fraction of sp³-hybridized carbons (Fsp3) is 0.176. The normalized spacial score (nSPS) is 13.9. The molecule has 0 radical (unpaired) electrons. The van der Waals surface area contributed by atoms with Crippen molar-refractivity contribution in [2.45, 2.75) is 12.8 Å². The topological polar surface area (TPSA) is 37.4 Å². The second-order valence-corrected chi connectivity index (χ2v) is 6.54. The van der Waals surface area contributed by atoms with Crippen LogP contribution in [0.15, 0.2) is 46.9 Å². The number of fused-ring (bicyclic) bond motifs is 1. The van der Waals surface area contributed by atoms with Crippen molar-refractivity contribution in [1.29, 1.82) is 0 Å². The summed E-state index contributed by atoms with van der Waals surface area (Å²) in [5, 5.41) is 0.584. The molecule has 3 rings (SSSR count). The Balaban J connectivity index is 1.87. The third kappa shape index (κ3) is 3.08. The van der Waals surface area contributed by atoms with Crippen LogP contribution in [0.5, 0.6) is 0 Å². The number of Topliss-reactive ketones (excluding diaryl/α,β-unsaturated/α-hetero) is 1. The quantitative estimate of drug-likeness (QED) is 0.748. The molecule has 0 N–H and O–H groups in total. The lowest BCUT2D eigenvalue weighted by atomic mass is 10.0. The summed E-state index contributed by atoms with van der Waals surface area (Å²) in [7, 11) is 0. The second kappa shape index (κ2) is 6.23. The van der Waals surface area contributed by atoms with Gasteiger partial charge in [0.1, 0.15) is 0 Å². The minimum Gasteiger partial charge on any atom is -0.304 e. The highest BCUT2D eigenvalue weighted by atomic mass is 79.9. The van der Waals surface area contributed by atoms with Crippen LogP contribution in [0.25, 0.3) is 0 Å². The van der Waals surface area contributed by atoms with Gasteiger partial charge in [-0.3, -0.25) is 9.59 Å². The average molecular weight is 379 g/mol.